The van der Waals surface area contributed by atoms with Crippen molar-refractivity contribution < 1.29 is 9.53 Å². The quantitative estimate of drug-likeness (QED) is 0.781. The molecule has 5 heteroatoms. The Balaban J connectivity index is 1.66. The van der Waals surface area contributed by atoms with Gasteiger partial charge in [-0.3, -0.25) is 9.69 Å². The molecule has 23 heavy (non-hydrogen) atoms. The summed E-state index contributed by atoms with van der Waals surface area (Å²) in [6.45, 7) is 8.68. The van der Waals surface area contributed by atoms with Crippen LogP contribution in [-0.2, 0) is 9.53 Å². The Labute approximate surface area is 139 Å². The maximum Gasteiger partial charge on any atom is 0.243 e. The van der Waals surface area contributed by atoms with Crippen LogP contribution in [0.1, 0.15) is 46.0 Å². The van der Waals surface area contributed by atoms with Crippen LogP contribution in [0, 0.1) is 22.7 Å². The first-order valence-electron chi connectivity index (χ1n) is 9.12. The summed E-state index contributed by atoms with van der Waals surface area (Å²) in [6.07, 6.45) is 4.58. The Morgan fingerprint density at radius 2 is 2.00 bits per heavy atom. The topological polar surface area (TPSA) is 56.6 Å². The number of ether oxygens (including phenoxy) is 1. The van der Waals surface area contributed by atoms with Gasteiger partial charge in [0.1, 0.15) is 5.41 Å². The summed E-state index contributed by atoms with van der Waals surface area (Å²) in [5.41, 5.74) is -0.748. The van der Waals surface area contributed by atoms with Crippen LogP contribution in [0.15, 0.2) is 0 Å². The number of nitriles is 1. The molecule has 0 radical (unpaired) electrons. The van der Waals surface area contributed by atoms with E-state index in [0.29, 0.717) is 18.5 Å². The second kappa shape index (κ2) is 6.78. The zero-order chi connectivity index (χ0) is 16.4. The van der Waals surface area contributed by atoms with E-state index >= 15 is 0 Å². The van der Waals surface area contributed by atoms with E-state index in [1.807, 2.05) is 4.90 Å². The van der Waals surface area contributed by atoms with Gasteiger partial charge < -0.3 is 9.64 Å². The molecule has 2 atom stereocenters. The molecule has 2 unspecified atom stereocenters. The summed E-state index contributed by atoms with van der Waals surface area (Å²) in [5.74, 6) is 0.565. The first-order chi connectivity index (χ1) is 11.1. The molecule has 2 heterocycles. The number of likely N-dealkylation sites (tertiary alicyclic amines) is 1. The van der Waals surface area contributed by atoms with Gasteiger partial charge in [0, 0.05) is 38.1 Å². The molecule has 0 N–H and O–H groups in total. The van der Waals surface area contributed by atoms with Gasteiger partial charge in [-0.25, -0.2) is 0 Å². The minimum Gasteiger partial charge on any atom is -0.375 e. The van der Waals surface area contributed by atoms with E-state index in [0.717, 1.165) is 58.3 Å². The van der Waals surface area contributed by atoms with Crippen LogP contribution in [0.4, 0.5) is 0 Å². The molecule has 3 rings (SSSR count). The lowest BCUT2D eigenvalue weighted by Crippen LogP contribution is -2.52. The number of fused-ring (bicyclic) bond motifs is 1. The van der Waals surface area contributed by atoms with Crippen molar-refractivity contribution in [2.75, 3.05) is 32.8 Å². The predicted octanol–water partition coefficient (Wildman–Crippen LogP) is 2.03. The molecule has 3 aliphatic rings. The highest BCUT2D eigenvalue weighted by atomic mass is 16.5. The van der Waals surface area contributed by atoms with Crippen molar-refractivity contribution in [1.82, 2.24) is 9.80 Å². The molecule has 0 aromatic rings. The Morgan fingerprint density at radius 3 is 2.65 bits per heavy atom. The molecular formula is C18H29N3O2. The predicted molar refractivity (Wildman–Crippen MR) is 87.7 cm³/mol. The lowest BCUT2D eigenvalue weighted by atomic mass is 9.84. The van der Waals surface area contributed by atoms with Crippen LogP contribution < -0.4 is 0 Å². The number of carbonyl (C=O) groups is 1. The Hall–Kier alpha value is -1.12. The first kappa shape index (κ1) is 16.7. The Bertz CT molecular complexity index is 479. The van der Waals surface area contributed by atoms with Crippen molar-refractivity contribution in [2.24, 2.45) is 11.3 Å². The molecule has 0 aromatic heterocycles. The van der Waals surface area contributed by atoms with Crippen molar-refractivity contribution in [2.45, 2.75) is 58.1 Å². The summed E-state index contributed by atoms with van der Waals surface area (Å²) >= 11 is 0. The van der Waals surface area contributed by atoms with Crippen molar-refractivity contribution in [1.29, 1.82) is 5.26 Å². The number of carbonyl (C=O) groups excluding carboxylic acids is 1. The van der Waals surface area contributed by atoms with Crippen LogP contribution in [0.5, 0.6) is 0 Å². The van der Waals surface area contributed by atoms with E-state index in [1.54, 1.807) is 0 Å². The first-order valence-corrected chi connectivity index (χ1v) is 9.12. The van der Waals surface area contributed by atoms with Crippen LogP contribution in [0.25, 0.3) is 0 Å². The van der Waals surface area contributed by atoms with Gasteiger partial charge in [0.15, 0.2) is 0 Å². The highest BCUT2D eigenvalue weighted by Crippen LogP contribution is 2.40. The van der Waals surface area contributed by atoms with Gasteiger partial charge in [-0.15, -0.1) is 0 Å². The van der Waals surface area contributed by atoms with E-state index < -0.39 is 5.41 Å². The molecule has 2 aliphatic heterocycles. The zero-order valence-electron chi connectivity index (χ0n) is 14.5. The summed E-state index contributed by atoms with van der Waals surface area (Å²) in [6, 6.07) is 2.88. The number of amides is 1. The third-order valence-electron chi connectivity index (χ3n) is 5.97. The maximum atomic E-state index is 12.9. The standard InChI is InChI=1S/C18H29N3O2/c1-14(2)20-9-10-23-16-12-21(8-5-15(16)11-20)17(22)18(13-19)6-3-4-7-18/h14-16H,3-12H2,1-2H3. The summed E-state index contributed by atoms with van der Waals surface area (Å²) in [7, 11) is 0. The van der Waals surface area contributed by atoms with Crippen molar-refractivity contribution in [3.63, 3.8) is 0 Å². The van der Waals surface area contributed by atoms with E-state index in [2.05, 4.69) is 24.8 Å². The van der Waals surface area contributed by atoms with Crippen molar-refractivity contribution >= 4 is 5.91 Å². The highest BCUT2D eigenvalue weighted by Gasteiger charge is 2.46. The molecular weight excluding hydrogens is 290 g/mol. The van der Waals surface area contributed by atoms with E-state index in [-0.39, 0.29) is 12.0 Å². The van der Waals surface area contributed by atoms with Crippen LogP contribution in [-0.4, -0.2) is 60.6 Å². The fourth-order valence-electron chi connectivity index (χ4n) is 4.38. The van der Waals surface area contributed by atoms with Gasteiger partial charge in [-0.05, 0) is 33.1 Å². The minimum atomic E-state index is -0.748. The molecule has 128 valence electrons. The van der Waals surface area contributed by atoms with Gasteiger partial charge in [0.2, 0.25) is 5.91 Å². The molecule has 2 saturated heterocycles. The van der Waals surface area contributed by atoms with Crippen LogP contribution >= 0.6 is 0 Å². The maximum absolute atomic E-state index is 12.9. The summed E-state index contributed by atoms with van der Waals surface area (Å²) in [5, 5.41) is 9.56. The average molecular weight is 319 g/mol. The number of piperidine rings is 1. The molecule has 0 spiro atoms. The van der Waals surface area contributed by atoms with Crippen molar-refractivity contribution in [3.05, 3.63) is 0 Å². The fraction of sp³-hybridized carbons (Fsp3) is 0.889. The normalized spacial score (nSPS) is 31.5. The third kappa shape index (κ3) is 3.25. The lowest BCUT2D eigenvalue weighted by Gasteiger charge is -2.40. The monoisotopic (exact) mass is 319 g/mol. The SMILES string of the molecule is CC(C)N1CCOC2CN(C(=O)C3(C#N)CCCC3)CCC2C1. The van der Waals surface area contributed by atoms with E-state index in [9.17, 15) is 10.1 Å². The van der Waals surface area contributed by atoms with Gasteiger partial charge in [0.05, 0.1) is 18.8 Å². The smallest absolute Gasteiger partial charge is 0.243 e. The molecule has 1 aliphatic carbocycles. The van der Waals surface area contributed by atoms with Gasteiger partial charge in [0.25, 0.3) is 0 Å². The molecule has 0 bridgehead atoms. The van der Waals surface area contributed by atoms with Gasteiger partial charge in [-0.2, -0.15) is 5.26 Å². The molecule has 5 nitrogen and oxygen atoms in total. The van der Waals surface area contributed by atoms with Gasteiger partial charge in [-0.1, -0.05) is 12.8 Å². The fourth-order valence-corrected chi connectivity index (χ4v) is 4.38. The number of hydrogen-bond acceptors (Lipinski definition) is 4. The number of hydrogen-bond donors (Lipinski definition) is 0. The molecule has 3 fully saturated rings. The second-order valence-electron chi connectivity index (χ2n) is 7.70. The largest absolute Gasteiger partial charge is 0.375 e. The van der Waals surface area contributed by atoms with Crippen LogP contribution in [0.3, 0.4) is 0 Å². The summed E-state index contributed by atoms with van der Waals surface area (Å²) in [4.78, 5) is 17.3. The molecule has 1 amide bonds. The average Bonchev–Trinajstić information content (AvgIpc) is 2.94. The number of nitrogens with zero attached hydrogens (tertiary/aromatic N) is 3. The van der Waals surface area contributed by atoms with Crippen molar-refractivity contribution in [3.8, 4) is 6.07 Å². The second-order valence-corrected chi connectivity index (χ2v) is 7.70. The number of rotatable bonds is 2. The molecule has 1 saturated carbocycles. The van der Waals surface area contributed by atoms with Crippen LogP contribution in [0.2, 0.25) is 0 Å². The highest BCUT2D eigenvalue weighted by molar-refractivity contribution is 5.86. The lowest BCUT2D eigenvalue weighted by molar-refractivity contribution is -0.144. The van der Waals surface area contributed by atoms with E-state index in [1.165, 1.54) is 0 Å². The van der Waals surface area contributed by atoms with Gasteiger partial charge >= 0.3 is 0 Å². The summed E-state index contributed by atoms with van der Waals surface area (Å²) < 4.78 is 6.08. The zero-order valence-corrected chi connectivity index (χ0v) is 14.5. The van der Waals surface area contributed by atoms with E-state index in [4.69, 9.17) is 4.74 Å². The molecule has 0 aromatic carbocycles. The Kier molecular flexibility index (Phi) is 4.93. The Morgan fingerprint density at radius 1 is 1.26 bits per heavy atom. The minimum absolute atomic E-state index is 0.0597. The third-order valence-corrected chi connectivity index (χ3v) is 5.97.